The Bertz CT molecular complexity index is 337. The van der Waals surface area contributed by atoms with Gasteiger partial charge in [0, 0.05) is 25.8 Å². The normalized spacial score (nSPS) is 18.7. The fourth-order valence-electron chi connectivity index (χ4n) is 3.03. The van der Waals surface area contributed by atoms with Crippen LogP contribution in [0.1, 0.15) is 51.6 Å². The van der Waals surface area contributed by atoms with Gasteiger partial charge in [0.1, 0.15) is 0 Å². The highest BCUT2D eigenvalue weighted by atomic mass is 15.3. The van der Waals surface area contributed by atoms with Crippen LogP contribution in [0.25, 0.3) is 0 Å². The maximum absolute atomic E-state index is 4.30. The zero-order valence-electron chi connectivity index (χ0n) is 11.2. The zero-order valence-corrected chi connectivity index (χ0v) is 11.2. The molecule has 3 heteroatoms. The molecule has 0 unspecified atom stereocenters. The lowest BCUT2D eigenvalue weighted by Gasteiger charge is -2.27. The Hall–Kier alpha value is -0.830. The summed E-state index contributed by atoms with van der Waals surface area (Å²) in [4.78, 5) is 0. The molecule has 0 atom stereocenters. The highest BCUT2D eigenvalue weighted by Crippen LogP contribution is 2.40. The monoisotopic (exact) mass is 235 g/mol. The van der Waals surface area contributed by atoms with E-state index >= 15 is 0 Å². The molecule has 1 aromatic rings. The molecule has 1 aromatic heterocycles. The number of hydrogen-bond acceptors (Lipinski definition) is 2. The summed E-state index contributed by atoms with van der Waals surface area (Å²) in [7, 11) is 0. The van der Waals surface area contributed by atoms with Crippen molar-refractivity contribution in [2.24, 2.45) is 5.41 Å². The Balaban J connectivity index is 1.82. The summed E-state index contributed by atoms with van der Waals surface area (Å²) in [5, 5.41) is 7.93. The maximum Gasteiger partial charge on any atom is 0.0521 e. The molecule has 3 nitrogen and oxygen atoms in total. The summed E-state index contributed by atoms with van der Waals surface area (Å²) in [5.74, 6) is 0. The third-order valence-corrected chi connectivity index (χ3v) is 4.32. The highest BCUT2D eigenvalue weighted by Gasteiger charge is 2.31. The van der Waals surface area contributed by atoms with Gasteiger partial charge in [-0.3, -0.25) is 4.68 Å². The first-order valence-electron chi connectivity index (χ1n) is 7.01. The fourth-order valence-corrected chi connectivity index (χ4v) is 3.03. The van der Waals surface area contributed by atoms with Gasteiger partial charge in [0.05, 0.1) is 5.69 Å². The van der Waals surface area contributed by atoms with Crippen LogP contribution in [0.4, 0.5) is 0 Å². The van der Waals surface area contributed by atoms with E-state index in [1.165, 1.54) is 44.3 Å². The number of nitrogens with zero attached hydrogens (tertiary/aromatic N) is 2. The van der Waals surface area contributed by atoms with E-state index in [0.717, 1.165) is 13.1 Å². The molecule has 1 saturated carbocycles. The van der Waals surface area contributed by atoms with Crippen molar-refractivity contribution in [1.29, 1.82) is 0 Å². The number of rotatable bonds is 6. The zero-order chi connectivity index (χ0) is 12.1. The minimum atomic E-state index is 0.580. The molecule has 0 aliphatic heterocycles. The molecule has 1 fully saturated rings. The van der Waals surface area contributed by atoms with Crippen LogP contribution < -0.4 is 5.32 Å². The lowest BCUT2D eigenvalue weighted by Crippen LogP contribution is -2.31. The quantitative estimate of drug-likeness (QED) is 0.821. The molecule has 0 saturated heterocycles. The predicted octanol–water partition coefficient (Wildman–Crippen LogP) is 2.96. The van der Waals surface area contributed by atoms with Gasteiger partial charge < -0.3 is 5.32 Å². The first kappa shape index (κ1) is 12.6. The van der Waals surface area contributed by atoms with E-state index in [1.54, 1.807) is 0 Å². The fraction of sp³-hybridized carbons (Fsp3) is 0.786. The number of nitrogens with one attached hydrogen (secondary N) is 1. The number of hydrogen-bond donors (Lipinski definition) is 1. The van der Waals surface area contributed by atoms with Crippen LogP contribution >= 0.6 is 0 Å². The molecular formula is C14H25N3. The van der Waals surface area contributed by atoms with Crippen molar-refractivity contribution < 1.29 is 0 Å². The van der Waals surface area contributed by atoms with E-state index in [9.17, 15) is 0 Å². The Labute approximate surface area is 105 Å². The van der Waals surface area contributed by atoms with Crippen molar-refractivity contribution in [2.75, 3.05) is 6.54 Å². The van der Waals surface area contributed by atoms with E-state index < -0.39 is 0 Å². The number of aromatic nitrogens is 2. The van der Waals surface area contributed by atoms with E-state index in [1.807, 2.05) is 6.20 Å². The van der Waals surface area contributed by atoms with Gasteiger partial charge in [-0.15, -0.1) is 0 Å². The van der Waals surface area contributed by atoms with Gasteiger partial charge in [-0.05, 0) is 37.7 Å². The summed E-state index contributed by atoms with van der Waals surface area (Å²) >= 11 is 0. The minimum Gasteiger partial charge on any atom is -0.311 e. The molecule has 1 heterocycles. The van der Waals surface area contributed by atoms with Gasteiger partial charge in [-0.1, -0.05) is 19.8 Å². The van der Waals surface area contributed by atoms with Crippen molar-refractivity contribution in [3.05, 3.63) is 18.0 Å². The second-order valence-corrected chi connectivity index (χ2v) is 5.30. The molecule has 0 radical (unpaired) electrons. The standard InChI is InChI=1S/C14H25N3/c1-3-14(8-5-6-9-14)12-15-11-13-7-10-16-17(13)4-2/h7,10,15H,3-6,8-9,11-12H2,1-2H3. The van der Waals surface area contributed by atoms with Crippen LogP contribution in [0.15, 0.2) is 12.3 Å². The predicted molar refractivity (Wildman–Crippen MR) is 70.8 cm³/mol. The minimum absolute atomic E-state index is 0.580. The molecular weight excluding hydrogens is 210 g/mol. The van der Waals surface area contributed by atoms with E-state index in [4.69, 9.17) is 0 Å². The Morgan fingerprint density at radius 1 is 1.35 bits per heavy atom. The topological polar surface area (TPSA) is 29.9 Å². The molecule has 1 N–H and O–H groups in total. The smallest absolute Gasteiger partial charge is 0.0521 e. The Kier molecular flexibility index (Phi) is 4.21. The van der Waals surface area contributed by atoms with Gasteiger partial charge in [0.15, 0.2) is 0 Å². The van der Waals surface area contributed by atoms with Crippen LogP contribution in [0.2, 0.25) is 0 Å². The Morgan fingerprint density at radius 2 is 2.12 bits per heavy atom. The molecule has 0 amide bonds. The summed E-state index contributed by atoms with van der Waals surface area (Å²) in [6.07, 6.45) is 8.86. The van der Waals surface area contributed by atoms with Crippen molar-refractivity contribution in [3.63, 3.8) is 0 Å². The van der Waals surface area contributed by atoms with Gasteiger partial charge in [0.25, 0.3) is 0 Å². The molecule has 0 aromatic carbocycles. The average molecular weight is 235 g/mol. The second-order valence-electron chi connectivity index (χ2n) is 5.30. The summed E-state index contributed by atoms with van der Waals surface area (Å²) in [6, 6.07) is 2.11. The Morgan fingerprint density at radius 3 is 2.76 bits per heavy atom. The molecule has 17 heavy (non-hydrogen) atoms. The summed E-state index contributed by atoms with van der Waals surface area (Å²) in [6.45, 7) is 7.56. The van der Waals surface area contributed by atoms with Crippen LogP contribution in [0.5, 0.6) is 0 Å². The van der Waals surface area contributed by atoms with Crippen LogP contribution in [-0.2, 0) is 13.1 Å². The molecule has 0 bridgehead atoms. The third kappa shape index (κ3) is 2.89. The average Bonchev–Trinajstić information content (AvgIpc) is 2.98. The SMILES string of the molecule is CCn1nccc1CNCC1(CC)CCCC1. The van der Waals surface area contributed by atoms with E-state index in [2.05, 4.69) is 35.0 Å². The van der Waals surface area contributed by atoms with Crippen molar-refractivity contribution in [1.82, 2.24) is 15.1 Å². The molecule has 1 aliphatic rings. The van der Waals surface area contributed by atoms with Gasteiger partial charge in [-0.25, -0.2) is 0 Å². The van der Waals surface area contributed by atoms with Crippen LogP contribution in [-0.4, -0.2) is 16.3 Å². The summed E-state index contributed by atoms with van der Waals surface area (Å²) in [5.41, 5.74) is 1.88. The molecule has 1 aliphatic carbocycles. The van der Waals surface area contributed by atoms with Crippen molar-refractivity contribution in [3.8, 4) is 0 Å². The van der Waals surface area contributed by atoms with Crippen LogP contribution in [0.3, 0.4) is 0 Å². The molecule has 96 valence electrons. The van der Waals surface area contributed by atoms with Gasteiger partial charge in [-0.2, -0.15) is 5.10 Å². The first-order valence-corrected chi connectivity index (χ1v) is 7.01. The highest BCUT2D eigenvalue weighted by molar-refractivity contribution is 5.00. The lowest BCUT2D eigenvalue weighted by atomic mass is 9.83. The van der Waals surface area contributed by atoms with Crippen molar-refractivity contribution >= 4 is 0 Å². The van der Waals surface area contributed by atoms with Crippen molar-refractivity contribution in [2.45, 2.75) is 59.0 Å². The van der Waals surface area contributed by atoms with Gasteiger partial charge in [0.2, 0.25) is 0 Å². The first-order chi connectivity index (χ1) is 8.29. The number of aryl methyl sites for hydroxylation is 1. The largest absolute Gasteiger partial charge is 0.311 e. The molecule has 0 spiro atoms. The maximum atomic E-state index is 4.30. The van der Waals surface area contributed by atoms with E-state index in [-0.39, 0.29) is 0 Å². The van der Waals surface area contributed by atoms with E-state index in [0.29, 0.717) is 5.41 Å². The second kappa shape index (κ2) is 5.67. The molecule has 2 rings (SSSR count). The third-order valence-electron chi connectivity index (χ3n) is 4.32. The van der Waals surface area contributed by atoms with Crippen LogP contribution in [0, 0.1) is 5.41 Å². The lowest BCUT2D eigenvalue weighted by molar-refractivity contribution is 0.267. The van der Waals surface area contributed by atoms with Gasteiger partial charge >= 0.3 is 0 Å². The summed E-state index contributed by atoms with van der Waals surface area (Å²) < 4.78 is 2.07.